The van der Waals surface area contributed by atoms with Crippen molar-refractivity contribution in [2.45, 2.75) is 0 Å². The number of nitrogens with one attached hydrogen (secondary N) is 1. The van der Waals surface area contributed by atoms with Crippen LogP contribution in [0.3, 0.4) is 0 Å². The zero-order valence-electron chi connectivity index (χ0n) is 16.4. The molecule has 0 atom stereocenters. The molecule has 0 saturated carbocycles. The van der Waals surface area contributed by atoms with E-state index in [1.54, 1.807) is 24.4 Å². The SMILES string of the molecule is COc1cc(C(=O)/C=C/c2nccc3c2[nH]c2ccccc23)cc(OC)c1OC. The molecule has 0 amide bonds. The highest BCUT2D eigenvalue weighted by Gasteiger charge is 2.16. The highest BCUT2D eigenvalue weighted by Crippen LogP contribution is 2.38. The van der Waals surface area contributed by atoms with Crippen LogP contribution in [0, 0.1) is 0 Å². The summed E-state index contributed by atoms with van der Waals surface area (Å²) in [6.45, 7) is 0. The summed E-state index contributed by atoms with van der Waals surface area (Å²) in [5, 5.41) is 2.19. The summed E-state index contributed by atoms with van der Waals surface area (Å²) in [6, 6.07) is 13.3. The van der Waals surface area contributed by atoms with Crippen LogP contribution >= 0.6 is 0 Å². The van der Waals surface area contributed by atoms with Crippen molar-refractivity contribution in [1.82, 2.24) is 9.97 Å². The van der Waals surface area contributed by atoms with Gasteiger partial charge in [-0.05, 0) is 36.4 Å². The van der Waals surface area contributed by atoms with Crippen molar-refractivity contribution in [3.63, 3.8) is 0 Å². The Morgan fingerprint density at radius 2 is 1.69 bits per heavy atom. The summed E-state index contributed by atoms with van der Waals surface area (Å²) < 4.78 is 16.0. The highest BCUT2D eigenvalue weighted by molar-refractivity contribution is 6.11. The van der Waals surface area contributed by atoms with Crippen molar-refractivity contribution in [1.29, 1.82) is 0 Å². The van der Waals surface area contributed by atoms with E-state index in [4.69, 9.17) is 14.2 Å². The van der Waals surface area contributed by atoms with E-state index in [-0.39, 0.29) is 5.78 Å². The number of allylic oxidation sites excluding steroid dienone is 1. The van der Waals surface area contributed by atoms with Crippen LogP contribution < -0.4 is 14.2 Å². The van der Waals surface area contributed by atoms with Crippen molar-refractivity contribution in [3.05, 3.63) is 66.0 Å². The van der Waals surface area contributed by atoms with Gasteiger partial charge < -0.3 is 19.2 Å². The van der Waals surface area contributed by atoms with Crippen molar-refractivity contribution >= 4 is 33.7 Å². The van der Waals surface area contributed by atoms with E-state index < -0.39 is 0 Å². The first-order valence-corrected chi connectivity index (χ1v) is 9.04. The van der Waals surface area contributed by atoms with E-state index in [0.717, 1.165) is 21.8 Å². The number of benzene rings is 2. The number of hydrogen-bond acceptors (Lipinski definition) is 5. The van der Waals surface area contributed by atoms with Gasteiger partial charge in [-0.3, -0.25) is 9.78 Å². The maximum absolute atomic E-state index is 12.8. The largest absolute Gasteiger partial charge is 0.493 e. The number of H-pyrrole nitrogens is 1. The maximum atomic E-state index is 12.8. The minimum Gasteiger partial charge on any atom is -0.493 e. The van der Waals surface area contributed by atoms with Gasteiger partial charge in [0.15, 0.2) is 17.3 Å². The second kappa shape index (κ2) is 7.67. The number of rotatable bonds is 6. The molecule has 0 bridgehead atoms. The second-order valence-electron chi connectivity index (χ2n) is 6.40. The molecule has 0 aliphatic carbocycles. The molecule has 1 N–H and O–H groups in total. The number of fused-ring (bicyclic) bond motifs is 3. The molecule has 146 valence electrons. The number of carbonyl (C=O) groups excluding carboxylic acids is 1. The number of para-hydroxylation sites is 1. The molecule has 0 unspecified atom stereocenters. The van der Waals surface area contributed by atoms with Gasteiger partial charge in [-0.2, -0.15) is 0 Å². The van der Waals surface area contributed by atoms with Crippen molar-refractivity contribution < 1.29 is 19.0 Å². The number of carbonyl (C=O) groups is 1. The third kappa shape index (κ3) is 3.29. The van der Waals surface area contributed by atoms with Crippen molar-refractivity contribution in [2.24, 2.45) is 0 Å². The fourth-order valence-corrected chi connectivity index (χ4v) is 3.40. The molecule has 4 rings (SSSR count). The molecule has 4 aromatic rings. The Labute approximate surface area is 167 Å². The maximum Gasteiger partial charge on any atom is 0.203 e. The molecule has 0 saturated heterocycles. The Bertz CT molecular complexity index is 1220. The molecule has 0 spiro atoms. The van der Waals surface area contributed by atoms with E-state index >= 15 is 0 Å². The number of ether oxygens (including phenoxy) is 3. The molecule has 29 heavy (non-hydrogen) atoms. The van der Waals surface area contributed by atoms with Gasteiger partial charge in [0.2, 0.25) is 5.75 Å². The van der Waals surface area contributed by atoms with Crippen molar-refractivity contribution in [2.75, 3.05) is 21.3 Å². The number of aromatic nitrogens is 2. The van der Waals surface area contributed by atoms with E-state index in [1.807, 2.05) is 24.3 Å². The number of aromatic amines is 1. The third-order valence-corrected chi connectivity index (χ3v) is 4.80. The van der Waals surface area contributed by atoms with Crippen LogP contribution in [0.2, 0.25) is 0 Å². The number of ketones is 1. The second-order valence-corrected chi connectivity index (χ2v) is 6.40. The first kappa shape index (κ1) is 18.6. The molecule has 2 aromatic carbocycles. The van der Waals surface area contributed by atoms with E-state index in [0.29, 0.717) is 28.5 Å². The molecule has 0 aliphatic heterocycles. The van der Waals surface area contributed by atoms with Crippen LogP contribution in [0.25, 0.3) is 27.9 Å². The predicted molar refractivity (Wildman–Crippen MR) is 113 cm³/mol. The van der Waals surface area contributed by atoms with Gasteiger partial charge >= 0.3 is 0 Å². The lowest BCUT2D eigenvalue weighted by molar-refractivity contribution is 0.104. The zero-order chi connectivity index (χ0) is 20.4. The molecule has 6 heteroatoms. The van der Waals surface area contributed by atoms with Crippen LogP contribution in [0.5, 0.6) is 17.2 Å². The smallest absolute Gasteiger partial charge is 0.203 e. The lowest BCUT2D eigenvalue weighted by atomic mass is 10.1. The zero-order valence-corrected chi connectivity index (χ0v) is 16.4. The average Bonchev–Trinajstić information content (AvgIpc) is 3.15. The van der Waals surface area contributed by atoms with Gasteiger partial charge in [-0.25, -0.2) is 0 Å². The first-order chi connectivity index (χ1) is 14.2. The van der Waals surface area contributed by atoms with Gasteiger partial charge in [0, 0.05) is 28.0 Å². The minimum atomic E-state index is -0.195. The molecular weight excluding hydrogens is 368 g/mol. The standard InChI is InChI=1S/C23H20N2O4/c1-27-20-12-14(13-21(28-2)23(20)29-3)19(26)9-8-18-22-16(10-11-24-18)15-6-4-5-7-17(15)25-22/h4-13,25H,1-3H3/b9-8+. The molecule has 0 aliphatic rings. The number of methoxy groups -OCH3 is 3. The Hall–Kier alpha value is -3.80. The van der Waals surface area contributed by atoms with Gasteiger partial charge in [-0.15, -0.1) is 0 Å². The van der Waals surface area contributed by atoms with Gasteiger partial charge in [0.05, 0.1) is 32.5 Å². The molecule has 2 aromatic heterocycles. The Balaban J connectivity index is 1.72. The molecular formula is C23H20N2O4. The van der Waals surface area contributed by atoms with Crippen LogP contribution in [0.4, 0.5) is 0 Å². The number of hydrogen-bond donors (Lipinski definition) is 1. The van der Waals surface area contributed by atoms with Crippen LogP contribution in [0.1, 0.15) is 16.1 Å². The van der Waals surface area contributed by atoms with E-state index in [1.165, 1.54) is 27.4 Å². The Kier molecular flexibility index (Phi) is 4.91. The van der Waals surface area contributed by atoms with E-state index in [9.17, 15) is 4.79 Å². The van der Waals surface area contributed by atoms with E-state index in [2.05, 4.69) is 16.0 Å². The van der Waals surface area contributed by atoms with Gasteiger partial charge in [0.25, 0.3) is 0 Å². The monoisotopic (exact) mass is 388 g/mol. The Morgan fingerprint density at radius 1 is 0.966 bits per heavy atom. The Morgan fingerprint density at radius 3 is 2.38 bits per heavy atom. The van der Waals surface area contributed by atoms with Crippen LogP contribution in [-0.4, -0.2) is 37.1 Å². The normalized spacial score (nSPS) is 11.3. The summed E-state index contributed by atoms with van der Waals surface area (Å²) in [5.74, 6) is 1.11. The molecule has 0 radical (unpaired) electrons. The first-order valence-electron chi connectivity index (χ1n) is 9.04. The van der Waals surface area contributed by atoms with Gasteiger partial charge in [0.1, 0.15) is 0 Å². The van der Waals surface area contributed by atoms with Crippen LogP contribution in [-0.2, 0) is 0 Å². The fraction of sp³-hybridized carbons (Fsp3) is 0.130. The summed E-state index contributed by atoms with van der Waals surface area (Å²) in [6.07, 6.45) is 4.95. The lowest BCUT2D eigenvalue weighted by Crippen LogP contribution is -2.00. The summed E-state index contributed by atoms with van der Waals surface area (Å²) >= 11 is 0. The highest BCUT2D eigenvalue weighted by atomic mass is 16.5. The minimum absolute atomic E-state index is 0.195. The van der Waals surface area contributed by atoms with Crippen molar-refractivity contribution in [3.8, 4) is 17.2 Å². The average molecular weight is 388 g/mol. The third-order valence-electron chi connectivity index (χ3n) is 4.80. The summed E-state index contributed by atoms with van der Waals surface area (Å²) in [7, 11) is 4.55. The molecule has 2 heterocycles. The molecule has 6 nitrogen and oxygen atoms in total. The summed E-state index contributed by atoms with van der Waals surface area (Å²) in [4.78, 5) is 20.6. The quantitative estimate of drug-likeness (QED) is 0.385. The fourth-order valence-electron chi connectivity index (χ4n) is 3.40. The topological polar surface area (TPSA) is 73.4 Å². The van der Waals surface area contributed by atoms with Gasteiger partial charge in [-0.1, -0.05) is 18.2 Å². The van der Waals surface area contributed by atoms with Crippen LogP contribution in [0.15, 0.2) is 54.7 Å². The molecule has 0 fully saturated rings. The summed E-state index contributed by atoms with van der Waals surface area (Å²) in [5.41, 5.74) is 3.04. The predicted octanol–water partition coefficient (Wildman–Crippen LogP) is 4.64. The number of nitrogens with zero attached hydrogens (tertiary/aromatic N) is 1. The number of pyridine rings is 1. The lowest BCUT2D eigenvalue weighted by Gasteiger charge is -2.13.